The molecule has 2 fully saturated rings. The molecule has 0 aromatic carbocycles. The Morgan fingerprint density at radius 1 is 1.50 bits per heavy atom. The zero-order valence-electron chi connectivity index (χ0n) is 10.1. The Bertz CT molecular complexity index is 266. The van der Waals surface area contributed by atoms with E-state index in [1.165, 1.54) is 12.8 Å². The molecule has 1 heterocycles. The lowest BCUT2D eigenvalue weighted by atomic mass is 9.96. The lowest BCUT2D eigenvalue weighted by Crippen LogP contribution is -2.38. The van der Waals surface area contributed by atoms with Gasteiger partial charge in [-0.1, -0.05) is 0 Å². The predicted octanol–water partition coefficient (Wildman–Crippen LogP) is 0.946. The van der Waals surface area contributed by atoms with Crippen LogP contribution in [0.4, 0.5) is 0 Å². The minimum Gasteiger partial charge on any atom is -0.310 e. The summed E-state index contributed by atoms with van der Waals surface area (Å²) in [5.41, 5.74) is 0. The number of nitrogens with one attached hydrogen (secondary N) is 1. The van der Waals surface area contributed by atoms with Crippen LogP contribution in [-0.2, 0) is 4.79 Å². The predicted molar refractivity (Wildman–Crippen MR) is 69.0 cm³/mol. The van der Waals surface area contributed by atoms with Crippen LogP contribution in [0.1, 0.15) is 26.2 Å². The van der Waals surface area contributed by atoms with E-state index < -0.39 is 0 Å². The molecule has 0 spiro atoms. The van der Waals surface area contributed by atoms with Gasteiger partial charge in [-0.2, -0.15) is 12.6 Å². The van der Waals surface area contributed by atoms with Gasteiger partial charge in [0.1, 0.15) is 5.78 Å². The number of thiol groups is 1. The lowest BCUT2D eigenvalue weighted by molar-refractivity contribution is -0.119. The maximum Gasteiger partial charge on any atom is 0.145 e. The SMILES string of the molecule is CC(S)C(=O)CC1CN(C)CC1NC1CC1. The molecule has 0 bridgehead atoms. The fourth-order valence-electron chi connectivity index (χ4n) is 2.46. The minimum absolute atomic E-state index is 0.118. The fourth-order valence-corrected chi connectivity index (χ4v) is 2.57. The van der Waals surface area contributed by atoms with Crippen molar-refractivity contribution in [1.82, 2.24) is 10.2 Å². The standard InChI is InChI=1S/C12H22N2OS/c1-8(16)12(15)5-9-6-14(2)7-11(9)13-10-3-4-10/h8-11,13,16H,3-7H2,1-2H3. The Kier molecular flexibility index (Phi) is 3.93. The van der Waals surface area contributed by atoms with Crippen molar-refractivity contribution >= 4 is 18.4 Å². The number of likely N-dealkylation sites (tertiary alicyclic amines) is 1. The number of rotatable bonds is 5. The maximum absolute atomic E-state index is 11.7. The minimum atomic E-state index is -0.118. The average molecular weight is 242 g/mol. The Morgan fingerprint density at radius 3 is 2.75 bits per heavy atom. The molecule has 1 aliphatic carbocycles. The smallest absolute Gasteiger partial charge is 0.145 e. The van der Waals surface area contributed by atoms with Gasteiger partial charge in [-0.05, 0) is 32.7 Å². The zero-order valence-corrected chi connectivity index (χ0v) is 11.0. The second-order valence-corrected chi connectivity index (χ2v) is 6.15. The average Bonchev–Trinajstić information content (AvgIpc) is 2.93. The van der Waals surface area contributed by atoms with E-state index in [9.17, 15) is 4.79 Å². The highest BCUT2D eigenvalue weighted by Crippen LogP contribution is 2.26. The van der Waals surface area contributed by atoms with Crippen LogP contribution in [0, 0.1) is 5.92 Å². The number of carbonyl (C=O) groups is 1. The summed E-state index contributed by atoms with van der Waals surface area (Å²) in [5, 5.41) is 3.54. The maximum atomic E-state index is 11.7. The number of likely N-dealkylation sites (N-methyl/N-ethyl adjacent to an activating group) is 1. The van der Waals surface area contributed by atoms with E-state index in [1.807, 2.05) is 6.92 Å². The Labute approximate surface area is 103 Å². The van der Waals surface area contributed by atoms with Gasteiger partial charge < -0.3 is 10.2 Å². The van der Waals surface area contributed by atoms with Crippen molar-refractivity contribution in [3.05, 3.63) is 0 Å². The molecule has 2 rings (SSSR count). The number of Topliss-reactive ketones (excluding diaryl/α,β-unsaturated/α-hetero) is 1. The molecular weight excluding hydrogens is 220 g/mol. The Morgan fingerprint density at radius 2 is 2.19 bits per heavy atom. The summed E-state index contributed by atoms with van der Waals surface area (Å²) in [5.74, 6) is 0.763. The molecule has 92 valence electrons. The van der Waals surface area contributed by atoms with Gasteiger partial charge in [-0.15, -0.1) is 0 Å². The molecule has 4 heteroatoms. The number of ketones is 1. The van der Waals surface area contributed by atoms with E-state index >= 15 is 0 Å². The van der Waals surface area contributed by atoms with Gasteiger partial charge in [0.25, 0.3) is 0 Å². The molecular formula is C12H22N2OS. The third kappa shape index (κ3) is 3.22. The van der Waals surface area contributed by atoms with E-state index in [1.54, 1.807) is 0 Å². The normalized spacial score (nSPS) is 32.9. The van der Waals surface area contributed by atoms with Gasteiger partial charge >= 0.3 is 0 Å². The van der Waals surface area contributed by atoms with Crippen LogP contribution in [0.2, 0.25) is 0 Å². The van der Waals surface area contributed by atoms with Gasteiger partial charge in [-0.25, -0.2) is 0 Å². The van der Waals surface area contributed by atoms with E-state index in [4.69, 9.17) is 0 Å². The number of hydrogen-bond donors (Lipinski definition) is 2. The largest absolute Gasteiger partial charge is 0.310 e. The molecule has 0 amide bonds. The van der Waals surface area contributed by atoms with Crippen LogP contribution < -0.4 is 5.32 Å². The van der Waals surface area contributed by atoms with Gasteiger partial charge in [0.2, 0.25) is 0 Å². The highest BCUT2D eigenvalue weighted by Gasteiger charge is 2.36. The summed E-state index contributed by atoms with van der Waals surface area (Å²) in [7, 11) is 2.14. The van der Waals surface area contributed by atoms with Crippen molar-refractivity contribution in [2.75, 3.05) is 20.1 Å². The molecule has 1 saturated carbocycles. The topological polar surface area (TPSA) is 32.3 Å². The summed E-state index contributed by atoms with van der Waals surface area (Å²) in [6.07, 6.45) is 3.30. The first-order valence-electron chi connectivity index (χ1n) is 6.21. The molecule has 0 aromatic heterocycles. The van der Waals surface area contributed by atoms with Crippen LogP contribution >= 0.6 is 12.6 Å². The molecule has 3 atom stereocenters. The quantitative estimate of drug-likeness (QED) is 0.704. The van der Waals surface area contributed by atoms with Crippen molar-refractivity contribution in [3.8, 4) is 0 Å². The molecule has 1 aliphatic heterocycles. The number of nitrogens with zero attached hydrogens (tertiary/aromatic N) is 1. The summed E-state index contributed by atoms with van der Waals surface area (Å²) in [4.78, 5) is 14.1. The van der Waals surface area contributed by atoms with Crippen LogP contribution in [0.15, 0.2) is 0 Å². The second kappa shape index (κ2) is 5.07. The molecule has 2 aliphatic rings. The van der Waals surface area contributed by atoms with E-state index in [2.05, 4.69) is 29.9 Å². The molecule has 3 unspecified atom stereocenters. The highest BCUT2D eigenvalue weighted by molar-refractivity contribution is 7.81. The first-order valence-corrected chi connectivity index (χ1v) is 6.73. The first-order chi connectivity index (χ1) is 7.56. The van der Waals surface area contributed by atoms with Crippen molar-refractivity contribution in [1.29, 1.82) is 0 Å². The highest BCUT2D eigenvalue weighted by atomic mass is 32.1. The third-order valence-corrected chi connectivity index (χ3v) is 3.87. The fraction of sp³-hybridized carbons (Fsp3) is 0.917. The molecule has 0 aromatic rings. The molecule has 1 N–H and O–H groups in total. The van der Waals surface area contributed by atoms with Crippen molar-refractivity contribution in [2.45, 2.75) is 43.5 Å². The van der Waals surface area contributed by atoms with Crippen LogP contribution in [0.5, 0.6) is 0 Å². The first kappa shape index (κ1) is 12.4. The van der Waals surface area contributed by atoms with E-state index in [-0.39, 0.29) is 11.0 Å². The van der Waals surface area contributed by atoms with E-state index in [0.717, 1.165) is 19.1 Å². The second-order valence-electron chi connectivity index (χ2n) is 5.38. The number of carbonyl (C=O) groups excluding carboxylic acids is 1. The van der Waals surface area contributed by atoms with Crippen molar-refractivity contribution < 1.29 is 4.79 Å². The van der Waals surface area contributed by atoms with Crippen LogP contribution in [0.25, 0.3) is 0 Å². The Balaban J connectivity index is 1.87. The van der Waals surface area contributed by atoms with Crippen molar-refractivity contribution in [2.24, 2.45) is 5.92 Å². The zero-order chi connectivity index (χ0) is 11.7. The molecule has 0 radical (unpaired) electrons. The van der Waals surface area contributed by atoms with Gasteiger partial charge in [-0.3, -0.25) is 4.79 Å². The van der Waals surface area contributed by atoms with Crippen LogP contribution in [-0.4, -0.2) is 48.2 Å². The lowest BCUT2D eigenvalue weighted by Gasteiger charge is -2.19. The summed E-state index contributed by atoms with van der Waals surface area (Å²) in [6.45, 7) is 3.99. The van der Waals surface area contributed by atoms with Gasteiger partial charge in [0, 0.05) is 31.6 Å². The number of hydrogen-bond acceptors (Lipinski definition) is 4. The molecule has 3 nitrogen and oxygen atoms in total. The Hall–Kier alpha value is -0.0600. The molecule has 1 saturated heterocycles. The third-order valence-electron chi connectivity index (χ3n) is 3.58. The summed E-state index contributed by atoms with van der Waals surface area (Å²) in [6, 6.07) is 1.23. The molecule has 16 heavy (non-hydrogen) atoms. The van der Waals surface area contributed by atoms with Gasteiger partial charge in [0.05, 0.1) is 5.25 Å². The van der Waals surface area contributed by atoms with E-state index in [0.29, 0.717) is 18.4 Å². The summed E-state index contributed by atoms with van der Waals surface area (Å²) < 4.78 is 0. The van der Waals surface area contributed by atoms with Crippen LogP contribution in [0.3, 0.4) is 0 Å². The van der Waals surface area contributed by atoms with Gasteiger partial charge in [0.15, 0.2) is 0 Å². The monoisotopic (exact) mass is 242 g/mol. The van der Waals surface area contributed by atoms with Crippen molar-refractivity contribution in [3.63, 3.8) is 0 Å². The summed E-state index contributed by atoms with van der Waals surface area (Å²) >= 11 is 4.22.